The van der Waals surface area contributed by atoms with E-state index < -0.39 is 0 Å². The lowest BCUT2D eigenvalue weighted by atomic mass is 9.84. The summed E-state index contributed by atoms with van der Waals surface area (Å²) in [4.78, 5) is 13.0. The first kappa shape index (κ1) is 15.8. The molecule has 2 aromatic rings. The van der Waals surface area contributed by atoms with Crippen LogP contribution in [0.4, 0.5) is 0 Å². The van der Waals surface area contributed by atoms with E-state index in [0.717, 1.165) is 17.5 Å². The van der Waals surface area contributed by atoms with Crippen molar-refractivity contribution in [2.24, 2.45) is 5.92 Å². The van der Waals surface area contributed by atoms with E-state index in [2.05, 4.69) is 12.2 Å². The maximum Gasteiger partial charge on any atom is 0.232 e. The molecule has 1 amide bonds. The van der Waals surface area contributed by atoms with Crippen molar-refractivity contribution < 1.29 is 4.79 Å². The fraction of sp³-hybridized carbons (Fsp3) is 0.381. The minimum absolute atomic E-state index is 0.126. The van der Waals surface area contributed by atoms with E-state index in [9.17, 15) is 4.79 Å². The zero-order valence-electron chi connectivity index (χ0n) is 13.7. The maximum atomic E-state index is 13.0. The van der Waals surface area contributed by atoms with Crippen LogP contribution in [0.1, 0.15) is 49.7 Å². The SMILES string of the molecule is CC1CCCCC1NC(=O)C(c1ccccc1)c1ccccc1. The average molecular weight is 307 g/mol. The van der Waals surface area contributed by atoms with Crippen molar-refractivity contribution in [2.45, 2.75) is 44.6 Å². The van der Waals surface area contributed by atoms with E-state index in [4.69, 9.17) is 0 Å². The molecule has 0 heterocycles. The van der Waals surface area contributed by atoms with Gasteiger partial charge in [-0.05, 0) is 29.9 Å². The molecule has 23 heavy (non-hydrogen) atoms. The maximum absolute atomic E-state index is 13.0. The molecule has 1 N–H and O–H groups in total. The van der Waals surface area contributed by atoms with Crippen LogP contribution < -0.4 is 5.32 Å². The third-order valence-electron chi connectivity index (χ3n) is 4.97. The number of carbonyl (C=O) groups excluding carboxylic acids is 1. The predicted molar refractivity (Wildman–Crippen MR) is 94.3 cm³/mol. The van der Waals surface area contributed by atoms with Crippen LogP contribution in [0.2, 0.25) is 0 Å². The van der Waals surface area contributed by atoms with Crippen LogP contribution in [0.3, 0.4) is 0 Å². The molecule has 1 aliphatic carbocycles. The van der Waals surface area contributed by atoms with Crippen molar-refractivity contribution in [3.8, 4) is 0 Å². The quantitative estimate of drug-likeness (QED) is 0.884. The number of nitrogens with one attached hydrogen (secondary N) is 1. The van der Waals surface area contributed by atoms with Gasteiger partial charge in [-0.25, -0.2) is 0 Å². The Bertz CT molecular complexity index is 583. The van der Waals surface area contributed by atoms with E-state index in [0.29, 0.717) is 12.0 Å². The second kappa shape index (κ2) is 7.45. The van der Waals surface area contributed by atoms with Gasteiger partial charge in [0.05, 0.1) is 5.92 Å². The molecule has 0 radical (unpaired) electrons. The molecule has 1 aliphatic rings. The van der Waals surface area contributed by atoms with Crippen LogP contribution in [-0.2, 0) is 4.79 Å². The van der Waals surface area contributed by atoms with Gasteiger partial charge in [0, 0.05) is 6.04 Å². The van der Waals surface area contributed by atoms with Crippen molar-refractivity contribution in [3.05, 3.63) is 71.8 Å². The largest absolute Gasteiger partial charge is 0.352 e. The Morgan fingerprint density at radius 2 is 1.43 bits per heavy atom. The summed E-state index contributed by atoms with van der Waals surface area (Å²) in [7, 11) is 0. The van der Waals surface area contributed by atoms with Gasteiger partial charge in [-0.1, -0.05) is 80.4 Å². The van der Waals surface area contributed by atoms with E-state index in [1.165, 1.54) is 19.3 Å². The summed E-state index contributed by atoms with van der Waals surface area (Å²) in [5.74, 6) is 0.465. The smallest absolute Gasteiger partial charge is 0.232 e. The highest BCUT2D eigenvalue weighted by Crippen LogP contribution is 2.28. The number of hydrogen-bond donors (Lipinski definition) is 1. The first-order chi connectivity index (χ1) is 11.3. The van der Waals surface area contributed by atoms with Gasteiger partial charge in [-0.3, -0.25) is 4.79 Å². The normalized spacial score (nSPS) is 21.1. The molecule has 2 nitrogen and oxygen atoms in total. The molecule has 0 aromatic heterocycles. The summed E-state index contributed by atoms with van der Waals surface area (Å²) >= 11 is 0. The summed E-state index contributed by atoms with van der Waals surface area (Å²) in [6.07, 6.45) is 4.82. The second-order valence-corrected chi connectivity index (χ2v) is 6.63. The summed E-state index contributed by atoms with van der Waals surface area (Å²) in [5.41, 5.74) is 2.11. The third kappa shape index (κ3) is 3.82. The highest BCUT2D eigenvalue weighted by molar-refractivity contribution is 5.87. The molecule has 1 fully saturated rings. The molecule has 0 saturated heterocycles. The molecule has 0 spiro atoms. The van der Waals surface area contributed by atoms with E-state index >= 15 is 0 Å². The lowest BCUT2D eigenvalue weighted by molar-refractivity contribution is -0.123. The third-order valence-corrected chi connectivity index (χ3v) is 4.97. The van der Waals surface area contributed by atoms with E-state index in [-0.39, 0.29) is 11.8 Å². The Hall–Kier alpha value is -2.09. The van der Waals surface area contributed by atoms with Gasteiger partial charge in [0.25, 0.3) is 0 Å². The van der Waals surface area contributed by atoms with Crippen molar-refractivity contribution in [2.75, 3.05) is 0 Å². The van der Waals surface area contributed by atoms with E-state index in [1.54, 1.807) is 0 Å². The first-order valence-electron chi connectivity index (χ1n) is 8.66. The van der Waals surface area contributed by atoms with E-state index in [1.807, 2.05) is 60.7 Å². The fourth-order valence-corrected chi connectivity index (χ4v) is 3.58. The molecule has 2 heteroatoms. The summed E-state index contributed by atoms with van der Waals surface area (Å²) < 4.78 is 0. The lowest BCUT2D eigenvalue weighted by Gasteiger charge is -2.31. The minimum Gasteiger partial charge on any atom is -0.352 e. The molecular weight excluding hydrogens is 282 g/mol. The van der Waals surface area contributed by atoms with Crippen molar-refractivity contribution in [3.63, 3.8) is 0 Å². The molecule has 3 rings (SSSR count). The van der Waals surface area contributed by atoms with Crippen LogP contribution in [0.25, 0.3) is 0 Å². The van der Waals surface area contributed by atoms with Gasteiger partial charge in [0.2, 0.25) is 5.91 Å². The van der Waals surface area contributed by atoms with Crippen LogP contribution in [-0.4, -0.2) is 11.9 Å². The van der Waals surface area contributed by atoms with Crippen LogP contribution in [0.5, 0.6) is 0 Å². The number of rotatable bonds is 4. The molecule has 120 valence electrons. The number of hydrogen-bond acceptors (Lipinski definition) is 1. The number of amides is 1. The number of benzene rings is 2. The van der Waals surface area contributed by atoms with Crippen molar-refractivity contribution in [1.82, 2.24) is 5.32 Å². The highest BCUT2D eigenvalue weighted by Gasteiger charge is 2.28. The van der Waals surface area contributed by atoms with Gasteiger partial charge >= 0.3 is 0 Å². The van der Waals surface area contributed by atoms with Gasteiger partial charge in [0.1, 0.15) is 0 Å². The highest BCUT2D eigenvalue weighted by atomic mass is 16.1. The zero-order valence-corrected chi connectivity index (χ0v) is 13.7. The Balaban J connectivity index is 1.85. The van der Waals surface area contributed by atoms with Gasteiger partial charge < -0.3 is 5.32 Å². The number of carbonyl (C=O) groups is 1. The minimum atomic E-state index is -0.230. The van der Waals surface area contributed by atoms with Gasteiger partial charge in [0.15, 0.2) is 0 Å². The molecule has 2 atom stereocenters. The average Bonchev–Trinajstić information content (AvgIpc) is 2.59. The first-order valence-corrected chi connectivity index (χ1v) is 8.66. The Morgan fingerprint density at radius 3 is 1.96 bits per heavy atom. The Kier molecular flexibility index (Phi) is 5.12. The topological polar surface area (TPSA) is 29.1 Å². The predicted octanol–water partition coefficient (Wildman–Crippen LogP) is 4.51. The van der Waals surface area contributed by atoms with Crippen LogP contribution in [0, 0.1) is 5.92 Å². The molecule has 1 saturated carbocycles. The standard InChI is InChI=1S/C21H25NO/c1-16-10-8-9-15-19(16)22-21(23)20(17-11-4-2-5-12-17)18-13-6-3-7-14-18/h2-7,11-14,16,19-20H,8-10,15H2,1H3,(H,22,23). The zero-order chi connectivity index (χ0) is 16.1. The summed E-state index contributed by atoms with van der Waals surface area (Å²) in [5, 5.41) is 3.33. The fourth-order valence-electron chi connectivity index (χ4n) is 3.58. The van der Waals surface area contributed by atoms with Gasteiger partial charge in [-0.15, -0.1) is 0 Å². The monoisotopic (exact) mass is 307 g/mol. The molecule has 0 bridgehead atoms. The Morgan fingerprint density at radius 1 is 0.913 bits per heavy atom. The van der Waals surface area contributed by atoms with Crippen molar-refractivity contribution >= 4 is 5.91 Å². The van der Waals surface area contributed by atoms with Gasteiger partial charge in [-0.2, -0.15) is 0 Å². The van der Waals surface area contributed by atoms with Crippen LogP contribution >= 0.6 is 0 Å². The Labute approximate surface area is 138 Å². The molecule has 2 aromatic carbocycles. The molecule has 2 unspecified atom stereocenters. The summed E-state index contributed by atoms with van der Waals surface area (Å²) in [6, 6.07) is 20.5. The summed E-state index contributed by atoms with van der Waals surface area (Å²) in [6.45, 7) is 2.25. The lowest BCUT2D eigenvalue weighted by Crippen LogP contribution is -2.43. The molecular formula is C21H25NO. The molecule has 0 aliphatic heterocycles. The van der Waals surface area contributed by atoms with Crippen molar-refractivity contribution in [1.29, 1.82) is 0 Å². The second-order valence-electron chi connectivity index (χ2n) is 6.63. The van der Waals surface area contributed by atoms with Crippen LogP contribution in [0.15, 0.2) is 60.7 Å².